The second-order valence-electron chi connectivity index (χ2n) is 5.28. The fourth-order valence-electron chi connectivity index (χ4n) is 2.98. The summed E-state index contributed by atoms with van der Waals surface area (Å²) < 4.78 is 39.5. The predicted octanol–water partition coefficient (Wildman–Crippen LogP) is 3.59. The lowest BCUT2D eigenvalue weighted by Gasteiger charge is -2.27. The number of rotatable bonds is 4. The number of hydrogen-bond acceptors (Lipinski definition) is 2. The summed E-state index contributed by atoms with van der Waals surface area (Å²) in [6, 6.07) is 5.03. The largest absolute Gasteiger partial charge is 0.416 e. The Kier molecular flexibility index (Phi) is 4.58. The molecular weight excluding hydrogens is 265 g/mol. The van der Waals surface area contributed by atoms with E-state index in [1.54, 1.807) is 12.1 Å². The molecule has 1 saturated heterocycles. The Labute approximate surface area is 117 Å². The van der Waals surface area contributed by atoms with E-state index in [1.165, 1.54) is 6.07 Å². The first-order valence-corrected chi connectivity index (χ1v) is 7.14. The number of benzene rings is 1. The molecule has 1 heterocycles. The zero-order chi connectivity index (χ0) is 14.8. The molecule has 0 aliphatic carbocycles. The van der Waals surface area contributed by atoms with Crippen molar-refractivity contribution in [3.63, 3.8) is 0 Å². The molecular formula is C15H21F3N2. The predicted molar refractivity (Wildman–Crippen MR) is 74.9 cm³/mol. The molecule has 1 aliphatic rings. The number of nitrogens with two attached hydrogens (primary N) is 1. The molecule has 0 radical (unpaired) electrons. The van der Waals surface area contributed by atoms with Crippen LogP contribution >= 0.6 is 0 Å². The Balaban J connectivity index is 2.36. The summed E-state index contributed by atoms with van der Waals surface area (Å²) in [4.78, 5) is 2.10. The van der Waals surface area contributed by atoms with Gasteiger partial charge in [-0.2, -0.15) is 13.2 Å². The Morgan fingerprint density at radius 2 is 2.10 bits per heavy atom. The minimum Gasteiger partial charge on any atom is -0.369 e. The highest BCUT2D eigenvalue weighted by Crippen LogP contribution is 2.36. The zero-order valence-electron chi connectivity index (χ0n) is 11.7. The van der Waals surface area contributed by atoms with Crippen molar-refractivity contribution in [1.29, 1.82) is 0 Å². The molecule has 5 heteroatoms. The van der Waals surface area contributed by atoms with Crippen LogP contribution in [0.5, 0.6) is 0 Å². The van der Waals surface area contributed by atoms with E-state index in [0.29, 0.717) is 11.7 Å². The van der Waals surface area contributed by atoms with Crippen LogP contribution in [0, 0.1) is 0 Å². The van der Waals surface area contributed by atoms with Gasteiger partial charge in [-0.3, -0.25) is 0 Å². The third-order valence-electron chi connectivity index (χ3n) is 3.99. The zero-order valence-corrected chi connectivity index (χ0v) is 11.7. The highest BCUT2D eigenvalue weighted by molar-refractivity contribution is 5.53. The van der Waals surface area contributed by atoms with Crippen LogP contribution in [0.1, 0.15) is 37.3 Å². The lowest BCUT2D eigenvalue weighted by molar-refractivity contribution is -0.138. The van der Waals surface area contributed by atoms with Crippen LogP contribution < -0.4 is 10.6 Å². The van der Waals surface area contributed by atoms with Crippen LogP contribution in [0.2, 0.25) is 0 Å². The van der Waals surface area contributed by atoms with Crippen molar-refractivity contribution in [1.82, 2.24) is 0 Å². The van der Waals surface area contributed by atoms with Crippen molar-refractivity contribution in [2.45, 2.75) is 44.8 Å². The van der Waals surface area contributed by atoms with Gasteiger partial charge in [-0.15, -0.1) is 0 Å². The average molecular weight is 286 g/mol. The van der Waals surface area contributed by atoms with E-state index < -0.39 is 11.7 Å². The van der Waals surface area contributed by atoms with Crippen LogP contribution in [0.3, 0.4) is 0 Å². The van der Waals surface area contributed by atoms with E-state index >= 15 is 0 Å². The first kappa shape index (κ1) is 15.2. The normalized spacial score (nSPS) is 19.6. The second-order valence-corrected chi connectivity index (χ2v) is 5.28. The standard InChI is InChI=1S/C15H21F3N2/c1-2-12-4-3-9-20(12)13-6-5-11(7-8-19)14(10-13)15(16,17)18/h5-6,10,12H,2-4,7-9,19H2,1H3. The van der Waals surface area contributed by atoms with Crippen LogP contribution in [-0.4, -0.2) is 19.1 Å². The molecule has 0 aromatic heterocycles. The van der Waals surface area contributed by atoms with Crippen molar-refractivity contribution >= 4 is 5.69 Å². The van der Waals surface area contributed by atoms with E-state index in [-0.39, 0.29) is 18.5 Å². The molecule has 1 fully saturated rings. The molecule has 2 rings (SSSR count). The van der Waals surface area contributed by atoms with Crippen LogP contribution in [0.15, 0.2) is 18.2 Å². The highest BCUT2D eigenvalue weighted by Gasteiger charge is 2.34. The smallest absolute Gasteiger partial charge is 0.369 e. The Hall–Kier alpha value is -1.23. The molecule has 1 aliphatic heterocycles. The first-order valence-electron chi connectivity index (χ1n) is 7.14. The molecule has 2 N–H and O–H groups in total. The maximum atomic E-state index is 13.2. The molecule has 0 saturated carbocycles. The third-order valence-corrected chi connectivity index (χ3v) is 3.99. The van der Waals surface area contributed by atoms with Crippen molar-refractivity contribution in [2.75, 3.05) is 18.0 Å². The van der Waals surface area contributed by atoms with E-state index in [1.807, 2.05) is 0 Å². The molecule has 2 nitrogen and oxygen atoms in total. The van der Waals surface area contributed by atoms with Crippen molar-refractivity contribution in [2.24, 2.45) is 5.73 Å². The second kappa shape index (κ2) is 6.04. The van der Waals surface area contributed by atoms with Gasteiger partial charge in [0.25, 0.3) is 0 Å². The van der Waals surface area contributed by atoms with E-state index in [2.05, 4.69) is 11.8 Å². The lowest BCUT2D eigenvalue weighted by atomic mass is 10.0. The highest BCUT2D eigenvalue weighted by atomic mass is 19.4. The average Bonchev–Trinajstić information content (AvgIpc) is 2.86. The van der Waals surface area contributed by atoms with Gasteiger partial charge in [-0.1, -0.05) is 13.0 Å². The molecule has 112 valence electrons. The fraction of sp³-hybridized carbons (Fsp3) is 0.600. The van der Waals surface area contributed by atoms with E-state index in [9.17, 15) is 13.2 Å². The van der Waals surface area contributed by atoms with Gasteiger partial charge in [0.1, 0.15) is 0 Å². The van der Waals surface area contributed by atoms with Crippen molar-refractivity contribution in [3.05, 3.63) is 29.3 Å². The van der Waals surface area contributed by atoms with Gasteiger partial charge < -0.3 is 10.6 Å². The van der Waals surface area contributed by atoms with Crippen molar-refractivity contribution in [3.8, 4) is 0 Å². The third kappa shape index (κ3) is 3.08. The summed E-state index contributed by atoms with van der Waals surface area (Å²) in [5.74, 6) is 0. The van der Waals surface area contributed by atoms with Gasteiger partial charge >= 0.3 is 6.18 Å². The SMILES string of the molecule is CCC1CCCN1c1ccc(CCN)c(C(F)(F)F)c1. The van der Waals surface area contributed by atoms with Crippen molar-refractivity contribution < 1.29 is 13.2 Å². The molecule has 1 aromatic rings. The van der Waals surface area contributed by atoms with Gasteiger partial charge in [0, 0.05) is 18.3 Å². The number of halogens is 3. The monoisotopic (exact) mass is 286 g/mol. The minimum absolute atomic E-state index is 0.226. The molecule has 0 spiro atoms. The quantitative estimate of drug-likeness (QED) is 0.916. The van der Waals surface area contributed by atoms with Crippen LogP contribution in [-0.2, 0) is 12.6 Å². The van der Waals surface area contributed by atoms with Gasteiger partial charge in [0.2, 0.25) is 0 Å². The van der Waals surface area contributed by atoms with Crippen LogP contribution in [0.4, 0.5) is 18.9 Å². The summed E-state index contributed by atoms with van der Waals surface area (Å²) in [6.45, 7) is 3.15. The van der Waals surface area contributed by atoms with Gasteiger partial charge in [-0.25, -0.2) is 0 Å². The summed E-state index contributed by atoms with van der Waals surface area (Å²) in [7, 11) is 0. The molecule has 1 unspecified atom stereocenters. The molecule has 1 aromatic carbocycles. The van der Waals surface area contributed by atoms with E-state index in [0.717, 1.165) is 25.8 Å². The van der Waals surface area contributed by atoms with Gasteiger partial charge in [-0.05, 0) is 49.9 Å². The maximum absolute atomic E-state index is 13.2. The summed E-state index contributed by atoms with van der Waals surface area (Å²) in [5.41, 5.74) is 5.83. The summed E-state index contributed by atoms with van der Waals surface area (Å²) >= 11 is 0. The minimum atomic E-state index is -4.32. The first-order chi connectivity index (χ1) is 9.47. The Morgan fingerprint density at radius 1 is 1.35 bits per heavy atom. The fourth-order valence-corrected chi connectivity index (χ4v) is 2.98. The van der Waals surface area contributed by atoms with Gasteiger partial charge in [0.05, 0.1) is 5.56 Å². The Morgan fingerprint density at radius 3 is 2.70 bits per heavy atom. The molecule has 20 heavy (non-hydrogen) atoms. The number of nitrogens with zero attached hydrogens (tertiary/aromatic N) is 1. The number of anilines is 1. The lowest BCUT2D eigenvalue weighted by Crippen LogP contribution is -2.28. The maximum Gasteiger partial charge on any atom is 0.416 e. The molecule has 0 amide bonds. The van der Waals surface area contributed by atoms with E-state index in [4.69, 9.17) is 5.73 Å². The van der Waals surface area contributed by atoms with Crippen LogP contribution in [0.25, 0.3) is 0 Å². The Bertz CT molecular complexity index is 457. The molecule has 0 bridgehead atoms. The number of hydrogen-bond donors (Lipinski definition) is 1. The number of alkyl halides is 3. The molecule has 1 atom stereocenters. The topological polar surface area (TPSA) is 29.3 Å². The summed E-state index contributed by atoms with van der Waals surface area (Å²) in [6.07, 6.45) is -0.993. The summed E-state index contributed by atoms with van der Waals surface area (Å²) in [5, 5.41) is 0. The van der Waals surface area contributed by atoms with Gasteiger partial charge in [0.15, 0.2) is 0 Å².